The molecule has 4 nitrogen and oxygen atoms in total. The van der Waals surface area contributed by atoms with Crippen LogP contribution >= 0.6 is 0 Å². The van der Waals surface area contributed by atoms with Crippen molar-refractivity contribution < 1.29 is 19.4 Å². The van der Waals surface area contributed by atoms with Crippen LogP contribution in [0.2, 0.25) is 18.1 Å². The van der Waals surface area contributed by atoms with E-state index in [1.54, 1.807) is 0 Å². The van der Waals surface area contributed by atoms with E-state index in [9.17, 15) is 9.90 Å². The summed E-state index contributed by atoms with van der Waals surface area (Å²) in [6.45, 7) is 13.9. The van der Waals surface area contributed by atoms with E-state index in [0.717, 1.165) is 44.9 Å². The minimum absolute atomic E-state index is 0.183. The quantitative estimate of drug-likeness (QED) is 0.156. The van der Waals surface area contributed by atoms with Crippen LogP contribution in [0.3, 0.4) is 0 Å². The topological polar surface area (TPSA) is 66.8 Å². The summed E-state index contributed by atoms with van der Waals surface area (Å²) in [7, 11) is -1.87. The van der Waals surface area contributed by atoms with Gasteiger partial charge >= 0.3 is 5.97 Å². The fourth-order valence-corrected chi connectivity index (χ4v) is 6.64. The van der Waals surface area contributed by atoms with Gasteiger partial charge in [-0.05, 0) is 92.8 Å². The monoisotopic (exact) mass is 502 g/mol. The Bertz CT molecular complexity index is 783. The Morgan fingerprint density at radius 2 is 1.83 bits per heavy atom. The standard InChI is InChI=1S/C30H50O4Si/c1-23-22-28(31)27(16-12-7-8-13-17-29(32)33)26(23)21-20-25(34-35(5,6)30(2,3)4)19-18-24-14-10-9-11-15-24/h7,9-12,14-15,23,25-28,31H,8,13,16-22H2,1-6H3,(H,32,33)/b12-7-/t23?,25?,26-,27?,28?/m0/s1. The van der Waals surface area contributed by atoms with Gasteiger partial charge in [0.1, 0.15) is 0 Å². The Labute approximate surface area is 215 Å². The van der Waals surface area contributed by atoms with Gasteiger partial charge in [0.25, 0.3) is 0 Å². The maximum atomic E-state index is 10.8. The largest absolute Gasteiger partial charge is 0.481 e. The fourth-order valence-electron chi connectivity index (χ4n) is 5.22. The third kappa shape index (κ3) is 9.85. The summed E-state index contributed by atoms with van der Waals surface area (Å²) in [6, 6.07) is 10.7. The van der Waals surface area contributed by atoms with Gasteiger partial charge in [0.2, 0.25) is 0 Å². The first-order valence-corrected chi connectivity index (χ1v) is 16.6. The fraction of sp³-hybridized carbons (Fsp3) is 0.700. The van der Waals surface area contributed by atoms with Crippen molar-refractivity contribution in [2.75, 3.05) is 0 Å². The van der Waals surface area contributed by atoms with Gasteiger partial charge in [0.05, 0.1) is 6.10 Å². The van der Waals surface area contributed by atoms with Crippen molar-refractivity contribution in [3.63, 3.8) is 0 Å². The molecule has 5 atom stereocenters. The van der Waals surface area contributed by atoms with Crippen LogP contribution in [0.15, 0.2) is 42.5 Å². The van der Waals surface area contributed by atoms with Gasteiger partial charge < -0.3 is 14.6 Å². The highest BCUT2D eigenvalue weighted by molar-refractivity contribution is 6.74. The zero-order valence-corrected chi connectivity index (χ0v) is 24.0. The number of aliphatic hydroxyl groups is 1. The first-order chi connectivity index (χ1) is 16.4. The van der Waals surface area contributed by atoms with Crippen LogP contribution in [0.4, 0.5) is 0 Å². The Morgan fingerprint density at radius 3 is 2.46 bits per heavy atom. The summed E-state index contributed by atoms with van der Waals surface area (Å²) in [5.41, 5.74) is 1.37. The number of unbranched alkanes of at least 4 members (excludes halogenated alkanes) is 1. The molecule has 0 amide bonds. The molecule has 2 rings (SSSR count). The smallest absolute Gasteiger partial charge is 0.303 e. The number of aliphatic carboxylic acids is 1. The van der Waals surface area contributed by atoms with Crippen LogP contribution in [0, 0.1) is 17.8 Å². The van der Waals surface area contributed by atoms with Crippen molar-refractivity contribution in [1.82, 2.24) is 0 Å². The molecule has 0 saturated heterocycles. The number of carbonyl (C=O) groups is 1. The third-order valence-electron chi connectivity index (χ3n) is 8.41. The maximum Gasteiger partial charge on any atom is 0.303 e. The van der Waals surface area contributed by atoms with E-state index in [0.29, 0.717) is 18.3 Å². The molecular formula is C30H50O4Si. The van der Waals surface area contributed by atoms with Crippen LogP contribution in [0.25, 0.3) is 0 Å². The lowest BCUT2D eigenvalue weighted by Crippen LogP contribution is -2.44. The lowest BCUT2D eigenvalue weighted by molar-refractivity contribution is -0.137. The van der Waals surface area contributed by atoms with Crippen molar-refractivity contribution in [2.24, 2.45) is 17.8 Å². The number of carboxylic acids is 1. The van der Waals surface area contributed by atoms with E-state index in [4.69, 9.17) is 9.53 Å². The minimum atomic E-state index is -1.87. The minimum Gasteiger partial charge on any atom is -0.481 e. The normalized spacial score (nSPS) is 24.2. The van der Waals surface area contributed by atoms with Crippen molar-refractivity contribution in [2.45, 2.75) is 116 Å². The number of allylic oxidation sites excluding steroid dienone is 2. The second-order valence-corrected chi connectivity index (χ2v) is 17.0. The summed E-state index contributed by atoms with van der Waals surface area (Å²) in [5.74, 6) is 0.553. The molecule has 1 aliphatic rings. The molecule has 1 aliphatic carbocycles. The highest BCUT2D eigenvalue weighted by Crippen LogP contribution is 2.43. The van der Waals surface area contributed by atoms with Crippen molar-refractivity contribution >= 4 is 14.3 Å². The Kier molecular flexibility index (Phi) is 11.7. The van der Waals surface area contributed by atoms with Gasteiger partial charge in [-0.1, -0.05) is 70.2 Å². The third-order valence-corrected chi connectivity index (χ3v) is 12.9. The summed E-state index contributed by atoms with van der Waals surface area (Å²) < 4.78 is 6.94. The van der Waals surface area contributed by atoms with Crippen LogP contribution in [0.1, 0.15) is 84.6 Å². The molecule has 0 heterocycles. The molecular weight excluding hydrogens is 452 g/mol. The number of hydrogen-bond acceptors (Lipinski definition) is 3. The molecule has 2 N–H and O–H groups in total. The number of rotatable bonds is 14. The Balaban J connectivity index is 2.01. The lowest BCUT2D eigenvalue weighted by Gasteiger charge is -2.40. The first kappa shape index (κ1) is 29.8. The summed E-state index contributed by atoms with van der Waals surface area (Å²) in [6.07, 6.45) is 11.9. The number of aliphatic hydroxyl groups excluding tert-OH is 1. The number of benzene rings is 1. The zero-order chi connectivity index (χ0) is 26.1. The van der Waals surface area contributed by atoms with E-state index in [1.165, 1.54) is 5.56 Å². The molecule has 1 aromatic rings. The molecule has 1 fully saturated rings. The number of hydrogen-bond donors (Lipinski definition) is 2. The van der Waals surface area contributed by atoms with Gasteiger partial charge in [-0.25, -0.2) is 0 Å². The molecule has 0 spiro atoms. The van der Waals surface area contributed by atoms with E-state index in [2.05, 4.69) is 83.3 Å². The van der Waals surface area contributed by atoms with Gasteiger partial charge in [-0.2, -0.15) is 0 Å². The molecule has 5 heteroatoms. The van der Waals surface area contributed by atoms with Crippen molar-refractivity contribution in [1.29, 1.82) is 0 Å². The molecule has 0 aromatic heterocycles. The zero-order valence-electron chi connectivity index (χ0n) is 23.0. The van der Waals surface area contributed by atoms with Gasteiger partial charge in [0, 0.05) is 12.5 Å². The molecule has 1 aromatic carbocycles. The van der Waals surface area contributed by atoms with Crippen LogP contribution in [-0.2, 0) is 15.6 Å². The van der Waals surface area contributed by atoms with Crippen molar-refractivity contribution in [3.05, 3.63) is 48.0 Å². The van der Waals surface area contributed by atoms with E-state index < -0.39 is 14.3 Å². The number of carboxylic acid groups (broad SMARTS) is 1. The van der Waals surface area contributed by atoms with E-state index >= 15 is 0 Å². The van der Waals surface area contributed by atoms with Crippen LogP contribution in [-0.4, -0.2) is 36.7 Å². The summed E-state index contributed by atoms with van der Waals surface area (Å²) in [5, 5.41) is 19.8. The molecule has 0 bridgehead atoms. The molecule has 198 valence electrons. The molecule has 0 radical (unpaired) electrons. The predicted molar refractivity (Wildman–Crippen MR) is 148 cm³/mol. The molecule has 0 aliphatic heterocycles. The average molecular weight is 503 g/mol. The number of aryl methyl sites for hydroxylation is 1. The first-order valence-electron chi connectivity index (χ1n) is 13.7. The molecule has 4 unspecified atom stereocenters. The summed E-state index contributed by atoms with van der Waals surface area (Å²) in [4.78, 5) is 10.7. The highest BCUT2D eigenvalue weighted by atomic mass is 28.4. The van der Waals surface area contributed by atoms with E-state index in [1.807, 2.05) is 0 Å². The van der Waals surface area contributed by atoms with Crippen LogP contribution in [0.5, 0.6) is 0 Å². The highest BCUT2D eigenvalue weighted by Gasteiger charge is 2.41. The van der Waals surface area contributed by atoms with Crippen molar-refractivity contribution in [3.8, 4) is 0 Å². The second kappa shape index (κ2) is 13.8. The summed E-state index contributed by atoms with van der Waals surface area (Å²) >= 11 is 0. The second-order valence-electron chi connectivity index (χ2n) is 12.2. The lowest BCUT2D eigenvalue weighted by atomic mass is 9.83. The van der Waals surface area contributed by atoms with Gasteiger partial charge in [-0.15, -0.1) is 0 Å². The predicted octanol–water partition coefficient (Wildman–Crippen LogP) is 7.62. The van der Waals surface area contributed by atoms with Gasteiger partial charge in [-0.3, -0.25) is 4.79 Å². The molecule has 1 saturated carbocycles. The maximum absolute atomic E-state index is 10.8. The van der Waals surface area contributed by atoms with Crippen LogP contribution < -0.4 is 0 Å². The molecule has 35 heavy (non-hydrogen) atoms. The Hall–Kier alpha value is -1.43. The Morgan fingerprint density at radius 1 is 1.14 bits per heavy atom. The SMILES string of the molecule is CC1CC(O)C(C/C=C\CCCC(=O)O)[C@H]1CCC(CCc1ccccc1)O[Si](C)(C)C(C)(C)C. The average Bonchev–Trinajstić information content (AvgIpc) is 3.04. The van der Waals surface area contributed by atoms with Gasteiger partial charge in [0.15, 0.2) is 8.32 Å². The van der Waals surface area contributed by atoms with E-state index in [-0.39, 0.29) is 29.6 Å².